The summed E-state index contributed by atoms with van der Waals surface area (Å²) in [7, 11) is 5.70. The van der Waals surface area contributed by atoms with Crippen molar-refractivity contribution < 1.29 is 4.74 Å². The van der Waals surface area contributed by atoms with Crippen molar-refractivity contribution in [2.75, 3.05) is 6.61 Å². The summed E-state index contributed by atoms with van der Waals surface area (Å²) in [5.74, 6) is 0.909. The average Bonchev–Trinajstić information content (AvgIpc) is 2.53. The molecule has 2 aliphatic rings. The van der Waals surface area contributed by atoms with Crippen LogP contribution in [0.3, 0.4) is 0 Å². The predicted molar refractivity (Wildman–Crippen MR) is 68.1 cm³/mol. The second kappa shape index (κ2) is 5.59. The number of allylic oxidation sites excluding steroid dienone is 8. The van der Waals surface area contributed by atoms with Gasteiger partial charge in [0.2, 0.25) is 0 Å². The lowest BCUT2D eigenvalue weighted by Crippen LogP contribution is -1.99. The highest BCUT2D eigenvalue weighted by molar-refractivity contribution is 6.23. The zero-order valence-corrected chi connectivity index (χ0v) is 9.36. The molecule has 0 aromatic rings. The Labute approximate surface area is 98.3 Å². The predicted octanol–water partition coefficient (Wildman–Crippen LogP) is 3.18. The van der Waals surface area contributed by atoms with Crippen LogP contribution in [0.25, 0.3) is 0 Å². The van der Waals surface area contributed by atoms with Gasteiger partial charge in [0.25, 0.3) is 0 Å². The van der Waals surface area contributed by atoms with Crippen molar-refractivity contribution in [3.8, 4) is 0 Å². The first-order valence-electron chi connectivity index (χ1n) is 5.66. The van der Waals surface area contributed by atoms with Crippen LogP contribution in [0.4, 0.5) is 0 Å². The minimum atomic E-state index is 0.681. The SMILES string of the molecule is [B]C1=CCC=C(OCC2=CC=CCC2)C=C1. The topological polar surface area (TPSA) is 9.23 Å². The summed E-state index contributed by atoms with van der Waals surface area (Å²) in [6.07, 6.45) is 17.3. The van der Waals surface area contributed by atoms with Crippen LogP contribution in [0, 0.1) is 0 Å². The van der Waals surface area contributed by atoms with E-state index in [1.807, 2.05) is 18.2 Å². The van der Waals surface area contributed by atoms with Gasteiger partial charge in [-0.25, -0.2) is 0 Å². The molecule has 16 heavy (non-hydrogen) atoms. The van der Waals surface area contributed by atoms with Crippen LogP contribution in [0.2, 0.25) is 0 Å². The van der Waals surface area contributed by atoms with E-state index in [9.17, 15) is 0 Å². The standard InChI is InChI=1S/C14H15BO/c15-13-7-4-8-14(10-9-13)16-11-12-5-2-1-3-6-12/h1-2,5,7-10H,3-4,6,11H2. The Morgan fingerprint density at radius 1 is 1.25 bits per heavy atom. The second-order valence-corrected chi connectivity index (χ2v) is 3.96. The Balaban J connectivity index is 1.87. The molecule has 2 aliphatic carbocycles. The maximum atomic E-state index is 5.73. The van der Waals surface area contributed by atoms with Crippen LogP contribution in [0.5, 0.6) is 0 Å². The first kappa shape index (κ1) is 11.1. The molecular weight excluding hydrogens is 195 g/mol. The minimum Gasteiger partial charge on any atom is -0.490 e. The second-order valence-electron chi connectivity index (χ2n) is 3.96. The molecule has 2 heteroatoms. The minimum absolute atomic E-state index is 0.681. The van der Waals surface area contributed by atoms with Crippen molar-refractivity contribution in [2.45, 2.75) is 19.3 Å². The fourth-order valence-electron chi connectivity index (χ4n) is 1.68. The van der Waals surface area contributed by atoms with Crippen molar-refractivity contribution in [2.24, 2.45) is 0 Å². The smallest absolute Gasteiger partial charge is 0.116 e. The molecule has 0 unspecified atom stereocenters. The molecule has 0 saturated carbocycles. The van der Waals surface area contributed by atoms with Crippen molar-refractivity contribution in [3.63, 3.8) is 0 Å². The number of hydrogen-bond acceptors (Lipinski definition) is 1. The van der Waals surface area contributed by atoms with Gasteiger partial charge in [0.1, 0.15) is 20.2 Å². The molecule has 0 saturated heterocycles. The highest BCUT2D eigenvalue weighted by Crippen LogP contribution is 2.15. The zero-order chi connectivity index (χ0) is 11.2. The van der Waals surface area contributed by atoms with Crippen molar-refractivity contribution in [1.29, 1.82) is 0 Å². The molecule has 0 fully saturated rings. The van der Waals surface area contributed by atoms with E-state index >= 15 is 0 Å². The molecule has 0 atom stereocenters. The summed E-state index contributed by atoms with van der Waals surface area (Å²) >= 11 is 0. The molecule has 2 radical (unpaired) electrons. The van der Waals surface area contributed by atoms with E-state index in [1.165, 1.54) is 5.57 Å². The van der Waals surface area contributed by atoms with Gasteiger partial charge in [-0.05, 0) is 37.0 Å². The molecule has 0 heterocycles. The van der Waals surface area contributed by atoms with E-state index in [4.69, 9.17) is 12.6 Å². The number of hydrogen-bond donors (Lipinski definition) is 0. The lowest BCUT2D eigenvalue weighted by Gasteiger charge is -2.11. The van der Waals surface area contributed by atoms with Crippen LogP contribution >= 0.6 is 0 Å². The van der Waals surface area contributed by atoms with Crippen molar-refractivity contribution in [3.05, 3.63) is 59.3 Å². The lowest BCUT2D eigenvalue weighted by atomic mass is 9.95. The van der Waals surface area contributed by atoms with E-state index in [0.29, 0.717) is 6.61 Å². The normalized spacial score (nSPS) is 19.6. The molecule has 2 rings (SSSR count). The van der Waals surface area contributed by atoms with Gasteiger partial charge in [0, 0.05) is 0 Å². The quantitative estimate of drug-likeness (QED) is 0.650. The Hall–Kier alpha value is -1.44. The lowest BCUT2D eigenvalue weighted by molar-refractivity contribution is 0.249. The van der Waals surface area contributed by atoms with Crippen molar-refractivity contribution >= 4 is 7.85 Å². The third-order valence-corrected chi connectivity index (χ3v) is 2.64. The summed E-state index contributed by atoms with van der Waals surface area (Å²) in [6.45, 7) is 0.681. The molecule has 0 aromatic carbocycles. The number of rotatable bonds is 3. The van der Waals surface area contributed by atoms with Gasteiger partial charge < -0.3 is 4.74 Å². The van der Waals surface area contributed by atoms with Gasteiger partial charge in [0.05, 0.1) is 0 Å². The molecule has 0 bridgehead atoms. The highest BCUT2D eigenvalue weighted by Gasteiger charge is 2.02. The van der Waals surface area contributed by atoms with E-state index in [1.54, 1.807) is 0 Å². The Bertz CT molecular complexity index is 397. The number of ether oxygens (including phenoxy) is 1. The summed E-state index contributed by atoms with van der Waals surface area (Å²) in [4.78, 5) is 0. The van der Waals surface area contributed by atoms with E-state index in [-0.39, 0.29) is 0 Å². The van der Waals surface area contributed by atoms with Crippen LogP contribution in [0.1, 0.15) is 19.3 Å². The third kappa shape index (κ3) is 3.30. The highest BCUT2D eigenvalue weighted by atomic mass is 16.5. The molecule has 0 N–H and O–H groups in total. The Morgan fingerprint density at radius 2 is 2.19 bits per heavy atom. The molecule has 0 aromatic heterocycles. The van der Waals surface area contributed by atoms with Crippen LogP contribution in [0.15, 0.2) is 59.3 Å². The van der Waals surface area contributed by atoms with Gasteiger partial charge in [-0.2, -0.15) is 0 Å². The summed E-state index contributed by atoms with van der Waals surface area (Å²) in [5, 5.41) is 0. The largest absolute Gasteiger partial charge is 0.490 e. The average molecular weight is 210 g/mol. The summed E-state index contributed by atoms with van der Waals surface area (Å²) in [6, 6.07) is 0. The monoisotopic (exact) mass is 210 g/mol. The zero-order valence-electron chi connectivity index (χ0n) is 9.36. The van der Waals surface area contributed by atoms with Gasteiger partial charge >= 0.3 is 0 Å². The Morgan fingerprint density at radius 3 is 3.00 bits per heavy atom. The summed E-state index contributed by atoms with van der Waals surface area (Å²) < 4.78 is 5.73. The summed E-state index contributed by atoms with van der Waals surface area (Å²) in [5.41, 5.74) is 2.15. The van der Waals surface area contributed by atoms with E-state index in [2.05, 4.69) is 24.3 Å². The first-order chi connectivity index (χ1) is 7.84. The fourth-order valence-corrected chi connectivity index (χ4v) is 1.68. The van der Waals surface area contributed by atoms with E-state index < -0.39 is 0 Å². The first-order valence-corrected chi connectivity index (χ1v) is 5.66. The molecule has 1 nitrogen and oxygen atoms in total. The van der Waals surface area contributed by atoms with Gasteiger partial charge in [-0.15, -0.1) is 5.47 Å². The molecule has 0 spiro atoms. The Kier molecular flexibility index (Phi) is 3.87. The van der Waals surface area contributed by atoms with Crippen LogP contribution in [-0.2, 0) is 4.74 Å². The maximum absolute atomic E-state index is 5.73. The van der Waals surface area contributed by atoms with E-state index in [0.717, 1.165) is 30.5 Å². The fraction of sp³-hybridized carbons (Fsp3) is 0.286. The molecule has 80 valence electrons. The van der Waals surface area contributed by atoms with Gasteiger partial charge in [0.15, 0.2) is 0 Å². The molecular formula is C14H15BO. The van der Waals surface area contributed by atoms with Crippen LogP contribution in [-0.4, -0.2) is 14.5 Å². The molecule has 0 aliphatic heterocycles. The molecule has 0 amide bonds. The third-order valence-electron chi connectivity index (χ3n) is 2.64. The van der Waals surface area contributed by atoms with Gasteiger partial charge in [-0.3, -0.25) is 0 Å². The maximum Gasteiger partial charge on any atom is 0.116 e. The van der Waals surface area contributed by atoms with Gasteiger partial charge in [-0.1, -0.05) is 30.4 Å². The van der Waals surface area contributed by atoms with Crippen molar-refractivity contribution in [1.82, 2.24) is 0 Å². The van der Waals surface area contributed by atoms with Crippen LogP contribution < -0.4 is 0 Å².